The van der Waals surface area contributed by atoms with Crippen molar-refractivity contribution in [3.05, 3.63) is 130 Å². The first kappa shape index (κ1) is 53.5. The van der Waals surface area contributed by atoms with Crippen molar-refractivity contribution in [2.75, 3.05) is 49.1 Å². The van der Waals surface area contributed by atoms with Gasteiger partial charge >= 0.3 is 0 Å². The summed E-state index contributed by atoms with van der Waals surface area (Å²) in [5, 5.41) is 15.7. The Kier molecular flexibility index (Phi) is 17.9. The standard InChI is InChI=1S/C27H30N4O3.C19H26N4O3.C8H7ClO.CH4/c1-17-5-4-6-21(13-17)26-28-25(29-34-26)20-9-11-30(12-10-20)27(33)22-15-24(32)31(16-22)23-8-7-18(2)19(3)14-23;1-12-3-4-16(9-13(12)2)23-11-15(10-17(23)24)19(25)22-7-5-14(6-8-22)18(20)21-26;1-6-3-2-4-7(5-6)8(9)10;/h4-8,13-14,20,22H,9-12,15-16H2,1-3H3;3-4,9,14-15,26H,5-8,10-11H2,1-2H3,(H2,20,21);2-5H,1H3;1H4. The summed E-state index contributed by atoms with van der Waals surface area (Å²) in [5.74, 6) is 1.19. The summed E-state index contributed by atoms with van der Waals surface area (Å²) in [5.41, 5.74) is 15.7. The molecule has 0 spiro atoms. The Morgan fingerprint density at radius 1 is 0.662 bits per heavy atom. The van der Waals surface area contributed by atoms with Gasteiger partial charge in [-0.2, -0.15) is 4.98 Å². The number of anilines is 2. The van der Waals surface area contributed by atoms with E-state index in [2.05, 4.69) is 22.2 Å². The van der Waals surface area contributed by atoms with Gasteiger partial charge in [0.1, 0.15) is 5.84 Å². The summed E-state index contributed by atoms with van der Waals surface area (Å²) < 4.78 is 5.51. The lowest BCUT2D eigenvalue weighted by atomic mass is 9.94. The molecule has 15 nitrogen and oxygen atoms in total. The lowest BCUT2D eigenvalue weighted by molar-refractivity contribution is -0.137. The molecule has 2 unspecified atom stereocenters. The number of amidine groups is 1. The van der Waals surface area contributed by atoms with Gasteiger partial charge in [0, 0.05) is 86.4 Å². The minimum atomic E-state index is -0.399. The molecular formula is C55H67ClN8O7. The molecule has 0 saturated carbocycles. The second-order valence-corrected chi connectivity index (χ2v) is 19.4. The zero-order valence-corrected chi connectivity index (χ0v) is 41.6. The van der Waals surface area contributed by atoms with Crippen molar-refractivity contribution in [1.82, 2.24) is 19.9 Å². The van der Waals surface area contributed by atoms with Crippen LogP contribution in [0.15, 0.2) is 94.6 Å². The van der Waals surface area contributed by atoms with Crippen molar-refractivity contribution in [2.24, 2.45) is 28.6 Å². The van der Waals surface area contributed by atoms with Crippen molar-refractivity contribution in [1.29, 1.82) is 0 Å². The fourth-order valence-electron chi connectivity index (χ4n) is 9.45. The van der Waals surface area contributed by atoms with Crippen LogP contribution in [0.4, 0.5) is 11.4 Å². The van der Waals surface area contributed by atoms with Crippen molar-refractivity contribution in [3.63, 3.8) is 0 Å². The average molecular weight is 988 g/mol. The Labute approximate surface area is 422 Å². The largest absolute Gasteiger partial charge is 0.409 e. The topological polar surface area (TPSA) is 196 Å². The number of likely N-dealkylation sites (tertiary alicyclic amines) is 2. The van der Waals surface area contributed by atoms with Crippen molar-refractivity contribution in [2.45, 2.75) is 93.4 Å². The number of piperidine rings is 2. The maximum atomic E-state index is 13.2. The molecule has 1 aromatic heterocycles. The number of carbonyl (C=O) groups excluding carboxylic acids is 5. The lowest BCUT2D eigenvalue weighted by Crippen LogP contribution is -2.44. The van der Waals surface area contributed by atoms with Crippen LogP contribution in [0.5, 0.6) is 0 Å². The molecule has 5 heterocycles. The number of benzene rings is 4. The Balaban J connectivity index is 0.000000197. The van der Waals surface area contributed by atoms with Gasteiger partial charge in [0.05, 0.1) is 11.8 Å². The lowest BCUT2D eigenvalue weighted by Gasteiger charge is -2.32. The molecule has 4 amide bonds. The van der Waals surface area contributed by atoms with E-state index in [-0.39, 0.29) is 73.4 Å². The SMILES string of the molecule is C.Cc1ccc(N2CC(C(=O)N3CCC(/C(N)=N/O)CC3)CC2=O)cc1C.Cc1cccc(-c2nc(C3CCN(C(=O)C4CC(=O)N(c5ccc(C)c(C)c5)C4)CC3)no2)c1.Cc1cccc(C(=O)Cl)c1. The van der Waals surface area contributed by atoms with Crippen LogP contribution in [0, 0.1) is 59.3 Å². The number of nitrogens with zero attached hydrogens (tertiary/aromatic N) is 7. The van der Waals surface area contributed by atoms with Gasteiger partial charge < -0.3 is 35.1 Å². The Morgan fingerprint density at radius 2 is 1.15 bits per heavy atom. The Hall–Kier alpha value is -6.87. The third-order valence-corrected chi connectivity index (χ3v) is 14.2. The summed E-state index contributed by atoms with van der Waals surface area (Å²) in [6.45, 7) is 15.4. The van der Waals surface area contributed by atoms with E-state index in [1.165, 1.54) is 11.1 Å². The zero-order chi connectivity index (χ0) is 50.2. The summed E-state index contributed by atoms with van der Waals surface area (Å²) in [7, 11) is 0. The van der Waals surface area contributed by atoms with E-state index in [9.17, 15) is 24.0 Å². The number of nitrogens with two attached hydrogens (primary N) is 1. The molecule has 3 N–H and O–H groups in total. The van der Waals surface area contributed by atoms with Crippen LogP contribution < -0.4 is 15.5 Å². The number of oxime groups is 1. The summed E-state index contributed by atoms with van der Waals surface area (Å²) in [6.07, 6.45) is 3.48. The molecule has 16 heteroatoms. The molecule has 0 radical (unpaired) electrons. The molecule has 4 fully saturated rings. The summed E-state index contributed by atoms with van der Waals surface area (Å²) >= 11 is 5.24. The molecule has 4 aliphatic heterocycles. The summed E-state index contributed by atoms with van der Waals surface area (Å²) in [4.78, 5) is 73.5. The van der Waals surface area contributed by atoms with E-state index in [0.717, 1.165) is 52.0 Å². The van der Waals surface area contributed by atoms with Gasteiger partial charge in [-0.15, -0.1) is 0 Å². The molecule has 5 aromatic rings. The van der Waals surface area contributed by atoms with Crippen LogP contribution >= 0.6 is 11.6 Å². The molecule has 0 bridgehead atoms. The smallest absolute Gasteiger partial charge is 0.257 e. The maximum Gasteiger partial charge on any atom is 0.257 e. The molecule has 4 aromatic carbocycles. The van der Waals surface area contributed by atoms with Crippen LogP contribution in [-0.4, -0.2) is 99.1 Å². The fraction of sp³-hybridized carbons (Fsp3) is 0.418. The highest BCUT2D eigenvalue weighted by Crippen LogP contribution is 2.33. The van der Waals surface area contributed by atoms with Crippen LogP contribution in [-0.2, 0) is 19.2 Å². The molecular weight excluding hydrogens is 920 g/mol. The van der Waals surface area contributed by atoms with E-state index in [0.29, 0.717) is 69.4 Å². The summed E-state index contributed by atoms with van der Waals surface area (Å²) in [6, 6.07) is 27.2. The van der Waals surface area contributed by atoms with Gasteiger partial charge in [0.2, 0.25) is 23.6 Å². The predicted molar refractivity (Wildman–Crippen MR) is 277 cm³/mol. The van der Waals surface area contributed by atoms with E-state index >= 15 is 0 Å². The second kappa shape index (κ2) is 23.8. The van der Waals surface area contributed by atoms with Gasteiger partial charge in [-0.1, -0.05) is 71.3 Å². The number of aryl methyl sites for hydroxylation is 6. The molecule has 4 saturated heterocycles. The number of hydrogen-bond donors (Lipinski definition) is 2. The first-order chi connectivity index (χ1) is 33.5. The van der Waals surface area contributed by atoms with Crippen molar-refractivity contribution < 1.29 is 33.7 Å². The van der Waals surface area contributed by atoms with Gasteiger partial charge in [0.25, 0.3) is 11.1 Å². The molecule has 9 rings (SSSR count). The normalized spacial score (nSPS) is 18.6. The third kappa shape index (κ3) is 13.1. The Bertz CT molecular complexity index is 2760. The average Bonchev–Trinajstić information content (AvgIpc) is 4.12. The molecule has 0 aliphatic carbocycles. The number of amides is 4. The number of halogens is 1. The number of rotatable bonds is 8. The number of hydrogen-bond acceptors (Lipinski definition) is 10. The number of aromatic nitrogens is 2. The van der Waals surface area contributed by atoms with Gasteiger partial charge in [-0.25, -0.2) is 0 Å². The third-order valence-electron chi connectivity index (χ3n) is 14.0. The van der Waals surface area contributed by atoms with Gasteiger partial charge in [-0.05, 0) is 144 Å². The highest BCUT2D eigenvalue weighted by atomic mass is 35.5. The highest BCUT2D eigenvalue weighted by molar-refractivity contribution is 6.67. The first-order valence-electron chi connectivity index (χ1n) is 24.0. The van der Waals surface area contributed by atoms with Crippen LogP contribution in [0.1, 0.15) is 101 Å². The molecule has 2 atom stereocenters. The second-order valence-electron chi connectivity index (χ2n) is 19.0. The van der Waals surface area contributed by atoms with Gasteiger partial charge in [-0.3, -0.25) is 24.0 Å². The minimum Gasteiger partial charge on any atom is -0.409 e. The molecule has 376 valence electrons. The Morgan fingerprint density at radius 3 is 1.61 bits per heavy atom. The number of carbonyl (C=O) groups is 5. The quantitative estimate of drug-likeness (QED) is 0.0498. The molecule has 71 heavy (non-hydrogen) atoms. The van der Waals surface area contributed by atoms with Crippen LogP contribution in [0.25, 0.3) is 11.5 Å². The van der Waals surface area contributed by atoms with E-state index in [1.807, 2.05) is 117 Å². The minimum absolute atomic E-state index is 0. The van der Waals surface area contributed by atoms with E-state index < -0.39 is 5.24 Å². The van der Waals surface area contributed by atoms with E-state index in [1.54, 1.807) is 21.9 Å². The first-order valence-corrected chi connectivity index (χ1v) is 24.3. The van der Waals surface area contributed by atoms with Crippen LogP contribution in [0.2, 0.25) is 0 Å². The monoisotopic (exact) mass is 986 g/mol. The van der Waals surface area contributed by atoms with E-state index in [4.69, 9.17) is 27.1 Å². The van der Waals surface area contributed by atoms with Crippen molar-refractivity contribution in [3.8, 4) is 11.5 Å². The molecule has 4 aliphatic rings. The van der Waals surface area contributed by atoms with Gasteiger partial charge in [0.15, 0.2) is 5.82 Å². The highest BCUT2D eigenvalue weighted by Gasteiger charge is 2.40. The zero-order valence-electron chi connectivity index (χ0n) is 40.9. The predicted octanol–water partition coefficient (Wildman–Crippen LogP) is 9.07. The van der Waals surface area contributed by atoms with Crippen LogP contribution in [0.3, 0.4) is 0 Å². The van der Waals surface area contributed by atoms with Crippen molar-refractivity contribution >= 4 is 57.7 Å². The fourth-order valence-corrected chi connectivity index (χ4v) is 9.56. The maximum absolute atomic E-state index is 13.2.